The van der Waals surface area contributed by atoms with Gasteiger partial charge in [0.2, 0.25) is 0 Å². The Morgan fingerprint density at radius 2 is 1.86 bits per heavy atom. The topological polar surface area (TPSA) is 78.1 Å². The van der Waals surface area contributed by atoms with Crippen LogP contribution in [-0.2, 0) is 26.7 Å². The summed E-state index contributed by atoms with van der Waals surface area (Å²) in [5, 5.41) is 9.43. The molecule has 0 aliphatic carbocycles. The lowest BCUT2D eigenvalue weighted by Gasteiger charge is -2.33. The lowest BCUT2D eigenvalue weighted by molar-refractivity contribution is -0.143. The smallest absolute Gasteiger partial charge is 0.433 e. The molecule has 1 aliphatic rings. The molecule has 0 spiro atoms. The van der Waals surface area contributed by atoms with Crippen molar-refractivity contribution < 1.29 is 22.7 Å². The molecule has 4 aromatic rings. The third-order valence-electron chi connectivity index (χ3n) is 6.70. The molecule has 1 amide bonds. The summed E-state index contributed by atoms with van der Waals surface area (Å²) in [4.78, 5) is 20.1. The van der Waals surface area contributed by atoms with Crippen molar-refractivity contribution in [2.24, 2.45) is 14.1 Å². The van der Waals surface area contributed by atoms with E-state index in [1.54, 1.807) is 28.8 Å². The Balaban J connectivity index is 1.54. The first-order valence-corrected chi connectivity index (χ1v) is 11.4. The molecule has 5 rings (SSSR count). The number of aryl methyl sites for hydroxylation is 3. The normalized spacial score (nSPS) is 15.9. The predicted molar refractivity (Wildman–Crippen MR) is 127 cm³/mol. The van der Waals surface area contributed by atoms with E-state index in [1.807, 2.05) is 26.0 Å². The van der Waals surface area contributed by atoms with Crippen molar-refractivity contribution in [2.75, 3.05) is 13.7 Å². The number of amides is 1. The van der Waals surface area contributed by atoms with E-state index < -0.39 is 17.9 Å². The van der Waals surface area contributed by atoms with Crippen molar-refractivity contribution in [3.63, 3.8) is 0 Å². The van der Waals surface area contributed by atoms with E-state index in [4.69, 9.17) is 4.74 Å². The van der Waals surface area contributed by atoms with Crippen LogP contribution >= 0.6 is 0 Å². The summed E-state index contributed by atoms with van der Waals surface area (Å²) in [5.74, 6) is 0.345. The number of pyridine rings is 1. The molecule has 0 N–H and O–H groups in total. The number of alkyl halides is 3. The molecule has 0 saturated carbocycles. The molecule has 0 radical (unpaired) electrons. The number of aromatic nitrogens is 5. The van der Waals surface area contributed by atoms with Crippen LogP contribution in [0.15, 0.2) is 30.3 Å². The highest BCUT2D eigenvalue weighted by atomic mass is 19.4. The number of hydrogen-bond acceptors (Lipinski definition) is 5. The number of nitrogens with zero attached hydrogens (tertiary/aromatic N) is 6. The maximum Gasteiger partial charge on any atom is 0.433 e. The highest BCUT2D eigenvalue weighted by Crippen LogP contribution is 2.38. The zero-order valence-electron chi connectivity index (χ0n) is 20.5. The average molecular weight is 499 g/mol. The quantitative estimate of drug-likeness (QED) is 0.417. The Bertz CT molecular complexity index is 1500. The molecule has 1 aromatic carbocycles. The fourth-order valence-corrected chi connectivity index (χ4v) is 4.95. The van der Waals surface area contributed by atoms with Crippen molar-refractivity contribution in [3.8, 4) is 17.1 Å². The summed E-state index contributed by atoms with van der Waals surface area (Å²) in [7, 11) is 4.49. The number of fused-ring (bicyclic) bond motifs is 2. The van der Waals surface area contributed by atoms with Crippen molar-refractivity contribution in [1.82, 2.24) is 29.4 Å². The second-order valence-corrected chi connectivity index (χ2v) is 8.99. The van der Waals surface area contributed by atoms with E-state index >= 15 is 0 Å². The first-order chi connectivity index (χ1) is 17.0. The van der Waals surface area contributed by atoms with Gasteiger partial charge in [-0.25, -0.2) is 0 Å². The van der Waals surface area contributed by atoms with Gasteiger partial charge in [0.1, 0.15) is 17.1 Å². The van der Waals surface area contributed by atoms with Crippen LogP contribution in [0.1, 0.15) is 46.0 Å². The van der Waals surface area contributed by atoms with Crippen molar-refractivity contribution in [3.05, 3.63) is 58.5 Å². The molecule has 3 aromatic heterocycles. The average Bonchev–Trinajstić information content (AvgIpc) is 3.37. The second kappa shape index (κ2) is 8.35. The number of hydrogen-bond donors (Lipinski definition) is 0. The van der Waals surface area contributed by atoms with E-state index in [2.05, 4.69) is 15.2 Å². The van der Waals surface area contributed by atoms with Crippen LogP contribution in [0.25, 0.3) is 22.3 Å². The minimum absolute atomic E-state index is 0.188. The molecule has 0 unspecified atom stereocenters. The number of ether oxygens (including phenoxy) is 1. The van der Waals surface area contributed by atoms with Gasteiger partial charge >= 0.3 is 6.18 Å². The van der Waals surface area contributed by atoms with Gasteiger partial charge < -0.3 is 9.64 Å². The SMILES string of the molecule is COc1cc(C(=O)N2CCc3c(nn(C)c3-c3cc(C(F)(F)F)n(C)n3)[C@@H]2C)c2ccc(C)nc2c1. The molecule has 11 heteroatoms. The molecular formula is C25H25F3N6O2. The van der Waals surface area contributed by atoms with Gasteiger partial charge in [-0.05, 0) is 38.5 Å². The Morgan fingerprint density at radius 3 is 2.53 bits per heavy atom. The minimum Gasteiger partial charge on any atom is -0.497 e. The summed E-state index contributed by atoms with van der Waals surface area (Å²) in [6.07, 6.45) is -4.08. The lowest BCUT2D eigenvalue weighted by atomic mass is 9.96. The van der Waals surface area contributed by atoms with Gasteiger partial charge in [-0.2, -0.15) is 23.4 Å². The van der Waals surface area contributed by atoms with E-state index in [-0.39, 0.29) is 11.6 Å². The Hall–Kier alpha value is -3.89. The third kappa shape index (κ3) is 3.78. The number of carbonyl (C=O) groups excluding carboxylic acids is 1. The van der Waals surface area contributed by atoms with Crippen LogP contribution in [0.3, 0.4) is 0 Å². The van der Waals surface area contributed by atoms with Crippen LogP contribution < -0.4 is 4.74 Å². The minimum atomic E-state index is -4.51. The van der Waals surface area contributed by atoms with Crippen LogP contribution in [0, 0.1) is 6.92 Å². The summed E-state index contributed by atoms with van der Waals surface area (Å²) >= 11 is 0. The van der Waals surface area contributed by atoms with Gasteiger partial charge in [0.15, 0.2) is 0 Å². The Labute approximate surface area is 205 Å². The largest absolute Gasteiger partial charge is 0.497 e. The van der Waals surface area contributed by atoms with Crippen LogP contribution in [0.2, 0.25) is 0 Å². The van der Waals surface area contributed by atoms with Gasteiger partial charge in [0, 0.05) is 43.4 Å². The Kier molecular flexibility index (Phi) is 5.53. The predicted octanol–water partition coefficient (Wildman–Crippen LogP) is 4.46. The molecule has 36 heavy (non-hydrogen) atoms. The molecule has 4 heterocycles. The fraction of sp³-hybridized carbons (Fsp3) is 0.360. The molecule has 1 aliphatic heterocycles. The van der Waals surface area contributed by atoms with E-state index in [9.17, 15) is 18.0 Å². The van der Waals surface area contributed by atoms with Gasteiger partial charge in [-0.3, -0.25) is 19.1 Å². The standard InChI is InChI=1S/C25H25F3N6O2/c1-13-6-7-16-18(10-15(36-5)11-19(16)29-13)24(35)34-9-8-17-22(14(34)2)31-33(4)23(17)20-12-21(25(26,27)28)32(3)30-20/h6-7,10-12,14H,8-9H2,1-5H3/t14-/m0/s1. The zero-order chi connectivity index (χ0) is 25.9. The number of rotatable bonds is 3. The number of halogens is 3. The van der Waals surface area contributed by atoms with Crippen LogP contribution in [0.4, 0.5) is 13.2 Å². The molecule has 188 valence electrons. The number of benzene rings is 1. The highest BCUT2D eigenvalue weighted by molar-refractivity contribution is 6.07. The maximum atomic E-state index is 13.8. The van der Waals surface area contributed by atoms with E-state index in [0.717, 1.165) is 27.4 Å². The molecule has 0 bridgehead atoms. The lowest BCUT2D eigenvalue weighted by Crippen LogP contribution is -2.39. The molecule has 8 nitrogen and oxygen atoms in total. The van der Waals surface area contributed by atoms with Crippen LogP contribution in [0.5, 0.6) is 5.75 Å². The summed E-state index contributed by atoms with van der Waals surface area (Å²) in [6.45, 7) is 4.13. The van der Waals surface area contributed by atoms with Crippen molar-refractivity contribution >= 4 is 16.8 Å². The summed E-state index contributed by atoms with van der Waals surface area (Å²) in [6, 6.07) is 7.88. The molecule has 0 saturated heterocycles. The van der Waals surface area contributed by atoms with Gasteiger partial charge in [0.05, 0.1) is 35.6 Å². The van der Waals surface area contributed by atoms with Gasteiger partial charge in [-0.15, -0.1) is 0 Å². The molecule has 0 fully saturated rings. The first kappa shape index (κ1) is 23.8. The number of methoxy groups -OCH3 is 1. The van der Waals surface area contributed by atoms with Gasteiger partial charge in [-0.1, -0.05) is 6.07 Å². The number of carbonyl (C=O) groups is 1. The van der Waals surface area contributed by atoms with E-state index in [0.29, 0.717) is 41.2 Å². The second-order valence-electron chi connectivity index (χ2n) is 8.99. The highest BCUT2D eigenvalue weighted by Gasteiger charge is 2.38. The maximum absolute atomic E-state index is 13.8. The fourth-order valence-electron chi connectivity index (χ4n) is 4.95. The Morgan fingerprint density at radius 1 is 1.11 bits per heavy atom. The molecule has 1 atom stereocenters. The van der Waals surface area contributed by atoms with Crippen molar-refractivity contribution in [2.45, 2.75) is 32.5 Å². The molecular weight excluding hydrogens is 473 g/mol. The summed E-state index contributed by atoms with van der Waals surface area (Å²) in [5.41, 5.74) is 3.31. The monoisotopic (exact) mass is 498 g/mol. The van der Waals surface area contributed by atoms with E-state index in [1.165, 1.54) is 14.2 Å². The summed E-state index contributed by atoms with van der Waals surface area (Å²) < 4.78 is 47.9. The zero-order valence-corrected chi connectivity index (χ0v) is 20.5. The van der Waals surface area contributed by atoms with Crippen LogP contribution in [-0.4, -0.2) is 49.0 Å². The first-order valence-electron chi connectivity index (χ1n) is 11.4. The third-order valence-corrected chi connectivity index (χ3v) is 6.70. The van der Waals surface area contributed by atoms with Crippen molar-refractivity contribution in [1.29, 1.82) is 0 Å². The van der Waals surface area contributed by atoms with Gasteiger partial charge in [0.25, 0.3) is 5.91 Å².